The van der Waals surface area contributed by atoms with E-state index in [1.807, 2.05) is 6.07 Å². The summed E-state index contributed by atoms with van der Waals surface area (Å²) in [5.74, 6) is 0. The number of nitrogens with one attached hydrogen (secondary N) is 1. The van der Waals surface area contributed by atoms with Crippen LogP contribution in [-0.2, 0) is 16.6 Å². The van der Waals surface area contributed by atoms with Crippen molar-refractivity contribution in [2.45, 2.75) is 49.3 Å². The summed E-state index contributed by atoms with van der Waals surface area (Å²) in [5, 5.41) is 3.53. The molecule has 2 aliphatic rings. The van der Waals surface area contributed by atoms with E-state index in [0.717, 1.165) is 24.9 Å². The second-order valence-corrected chi connectivity index (χ2v) is 7.36. The molecule has 2 aliphatic carbocycles. The Morgan fingerprint density at radius 2 is 2.05 bits per heavy atom. The SMILES string of the molecule is CN(C1CC1)S(=O)(=O)c1ccc(CNC2CC2)cn1. The molecule has 1 heterocycles. The lowest BCUT2D eigenvalue weighted by molar-refractivity contribution is 0.461. The van der Waals surface area contributed by atoms with Crippen LogP contribution in [0, 0.1) is 0 Å². The summed E-state index contributed by atoms with van der Waals surface area (Å²) in [6, 6.07) is 4.26. The lowest BCUT2D eigenvalue weighted by Crippen LogP contribution is -2.29. The number of hydrogen-bond donors (Lipinski definition) is 1. The number of nitrogens with zero attached hydrogens (tertiary/aromatic N) is 2. The summed E-state index contributed by atoms with van der Waals surface area (Å²) in [5.41, 5.74) is 1.03. The third-order valence-electron chi connectivity index (χ3n) is 3.67. The van der Waals surface area contributed by atoms with Gasteiger partial charge in [0.15, 0.2) is 5.03 Å². The van der Waals surface area contributed by atoms with Gasteiger partial charge in [0.1, 0.15) is 0 Å². The highest BCUT2D eigenvalue weighted by atomic mass is 32.2. The molecule has 1 N–H and O–H groups in total. The average molecular weight is 281 g/mol. The minimum Gasteiger partial charge on any atom is -0.310 e. The van der Waals surface area contributed by atoms with Crippen molar-refractivity contribution >= 4 is 10.0 Å². The Balaban J connectivity index is 1.69. The maximum atomic E-state index is 12.2. The largest absolute Gasteiger partial charge is 0.310 e. The highest BCUT2D eigenvalue weighted by Gasteiger charge is 2.35. The van der Waals surface area contributed by atoms with Crippen molar-refractivity contribution in [2.75, 3.05) is 7.05 Å². The van der Waals surface area contributed by atoms with Gasteiger partial charge >= 0.3 is 0 Å². The number of hydrogen-bond acceptors (Lipinski definition) is 4. The molecule has 1 aromatic heterocycles. The Hall–Kier alpha value is -0.980. The molecule has 6 heteroatoms. The Kier molecular flexibility index (Phi) is 3.32. The van der Waals surface area contributed by atoms with Gasteiger partial charge in [-0.05, 0) is 37.3 Å². The van der Waals surface area contributed by atoms with E-state index in [1.54, 1.807) is 19.3 Å². The van der Waals surface area contributed by atoms with E-state index >= 15 is 0 Å². The lowest BCUT2D eigenvalue weighted by atomic mass is 10.3. The fourth-order valence-electron chi connectivity index (χ4n) is 2.00. The van der Waals surface area contributed by atoms with E-state index < -0.39 is 10.0 Å². The summed E-state index contributed by atoms with van der Waals surface area (Å²) in [6.45, 7) is 0.760. The molecule has 104 valence electrons. The Morgan fingerprint density at radius 3 is 2.58 bits per heavy atom. The number of rotatable bonds is 6. The van der Waals surface area contributed by atoms with Gasteiger partial charge < -0.3 is 5.32 Å². The molecular weight excluding hydrogens is 262 g/mol. The second-order valence-electron chi connectivity index (χ2n) is 5.41. The second kappa shape index (κ2) is 4.85. The van der Waals surface area contributed by atoms with Gasteiger partial charge in [0.05, 0.1) is 0 Å². The van der Waals surface area contributed by atoms with E-state index in [4.69, 9.17) is 0 Å². The van der Waals surface area contributed by atoms with Crippen molar-refractivity contribution in [3.8, 4) is 0 Å². The van der Waals surface area contributed by atoms with Crippen LogP contribution in [-0.4, -0.2) is 36.8 Å². The van der Waals surface area contributed by atoms with Gasteiger partial charge in [-0.3, -0.25) is 0 Å². The van der Waals surface area contributed by atoms with Gasteiger partial charge in [-0.15, -0.1) is 0 Å². The van der Waals surface area contributed by atoms with Crippen LogP contribution in [0.2, 0.25) is 0 Å². The molecule has 1 aromatic rings. The molecule has 0 atom stereocenters. The molecule has 0 saturated heterocycles. The van der Waals surface area contributed by atoms with Gasteiger partial charge in [-0.1, -0.05) is 6.07 Å². The third kappa shape index (κ3) is 2.96. The molecule has 0 amide bonds. The van der Waals surface area contributed by atoms with Crippen LogP contribution in [0.25, 0.3) is 0 Å². The molecule has 0 radical (unpaired) electrons. The van der Waals surface area contributed by atoms with Gasteiger partial charge in [0, 0.05) is 31.9 Å². The maximum Gasteiger partial charge on any atom is 0.260 e. The van der Waals surface area contributed by atoms with Gasteiger partial charge in [-0.2, -0.15) is 4.31 Å². The van der Waals surface area contributed by atoms with Crippen LogP contribution < -0.4 is 5.32 Å². The van der Waals surface area contributed by atoms with E-state index in [-0.39, 0.29) is 11.1 Å². The van der Waals surface area contributed by atoms with Crippen LogP contribution in [0.5, 0.6) is 0 Å². The Morgan fingerprint density at radius 1 is 1.32 bits per heavy atom. The van der Waals surface area contributed by atoms with E-state index in [9.17, 15) is 8.42 Å². The van der Waals surface area contributed by atoms with Crippen molar-refractivity contribution in [2.24, 2.45) is 0 Å². The zero-order valence-electron chi connectivity index (χ0n) is 11.0. The first-order valence-corrected chi connectivity index (χ1v) is 8.18. The highest BCUT2D eigenvalue weighted by molar-refractivity contribution is 7.89. The van der Waals surface area contributed by atoms with E-state index in [2.05, 4.69) is 10.3 Å². The van der Waals surface area contributed by atoms with Crippen molar-refractivity contribution in [1.29, 1.82) is 0 Å². The molecule has 5 nitrogen and oxygen atoms in total. The van der Waals surface area contributed by atoms with E-state index in [1.165, 1.54) is 17.1 Å². The van der Waals surface area contributed by atoms with Crippen molar-refractivity contribution in [3.63, 3.8) is 0 Å². The number of sulfonamides is 1. The van der Waals surface area contributed by atoms with Crippen LogP contribution >= 0.6 is 0 Å². The van der Waals surface area contributed by atoms with Gasteiger partial charge in [0.25, 0.3) is 10.0 Å². The fourth-order valence-corrected chi connectivity index (χ4v) is 3.32. The Bertz CT molecular complexity index is 548. The molecular formula is C13H19N3O2S. The highest BCUT2D eigenvalue weighted by Crippen LogP contribution is 2.29. The topological polar surface area (TPSA) is 62.3 Å². The monoisotopic (exact) mass is 281 g/mol. The summed E-state index contributed by atoms with van der Waals surface area (Å²) < 4.78 is 25.9. The van der Waals surface area contributed by atoms with Crippen LogP contribution in [0.1, 0.15) is 31.2 Å². The molecule has 2 saturated carbocycles. The molecule has 0 spiro atoms. The minimum atomic E-state index is -3.41. The molecule has 0 unspecified atom stereocenters. The predicted molar refractivity (Wildman–Crippen MR) is 72.1 cm³/mol. The van der Waals surface area contributed by atoms with Crippen molar-refractivity contribution in [1.82, 2.24) is 14.6 Å². The van der Waals surface area contributed by atoms with E-state index in [0.29, 0.717) is 6.04 Å². The van der Waals surface area contributed by atoms with Gasteiger partial charge in [-0.25, -0.2) is 13.4 Å². The van der Waals surface area contributed by atoms with Gasteiger partial charge in [0.2, 0.25) is 0 Å². The van der Waals surface area contributed by atoms with Crippen molar-refractivity contribution < 1.29 is 8.42 Å². The maximum absolute atomic E-state index is 12.2. The van der Waals surface area contributed by atoms with Crippen LogP contribution in [0.15, 0.2) is 23.4 Å². The molecule has 0 aromatic carbocycles. The van der Waals surface area contributed by atoms with Crippen LogP contribution in [0.4, 0.5) is 0 Å². The zero-order valence-corrected chi connectivity index (χ0v) is 11.9. The van der Waals surface area contributed by atoms with Crippen molar-refractivity contribution in [3.05, 3.63) is 23.9 Å². The van der Waals surface area contributed by atoms with Crippen LogP contribution in [0.3, 0.4) is 0 Å². The smallest absolute Gasteiger partial charge is 0.260 e. The quantitative estimate of drug-likeness (QED) is 0.848. The third-order valence-corrected chi connectivity index (χ3v) is 5.50. The molecule has 0 aliphatic heterocycles. The average Bonchev–Trinajstić information content (AvgIpc) is 3.29. The fraction of sp³-hybridized carbons (Fsp3) is 0.615. The summed E-state index contributed by atoms with van der Waals surface area (Å²) in [4.78, 5) is 4.11. The number of pyridine rings is 1. The molecule has 3 rings (SSSR count). The molecule has 0 bridgehead atoms. The Labute approximate surface area is 114 Å². The molecule has 19 heavy (non-hydrogen) atoms. The summed E-state index contributed by atoms with van der Waals surface area (Å²) >= 11 is 0. The lowest BCUT2D eigenvalue weighted by Gasteiger charge is -2.15. The first-order chi connectivity index (χ1) is 9.07. The normalized spacial score (nSPS) is 19.9. The first kappa shape index (κ1) is 13.0. The zero-order chi connectivity index (χ0) is 13.5. The molecule has 2 fully saturated rings. The number of aromatic nitrogens is 1. The standard InChI is InChI=1S/C13H19N3O2S/c1-16(12-5-6-12)19(17,18)13-7-2-10(9-15-13)8-14-11-3-4-11/h2,7,9,11-12,14H,3-6,8H2,1H3. The first-order valence-electron chi connectivity index (χ1n) is 6.74. The minimum absolute atomic E-state index is 0.150. The summed E-state index contributed by atoms with van der Waals surface area (Å²) in [7, 11) is -1.77. The predicted octanol–water partition coefficient (Wildman–Crippen LogP) is 1.12. The summed E-state index contributed by atoms with van der Waals surface area (Å²) in [6.07, 6.45) is 6.05.